The highest BCUT2D eigenvalue weighted by molar-refractivity contribution is 6.30. The highest BCUT2D eigenvalue weighted by Crippen LogP contribution is 2.35. The van der Waals surface area contributed by atoms with Crippen LogP contribution < -0.4 is 0 Å². The number of hydrogen-bond donors (Lipinski definition) is 2. The lowest BCUT2D eigenvalue weighted by atomic mass is 10.1. The van der Waals surface area contributed by atoms with Crippen LogP contribution in [0.15, 0.2) is 58.8 Å². The Kier molecular flexibility index (Phi) is 3.89. The Bertz CT molecular complexity index is 853. The number of amides is 1. The van der Waals surface area contributed by atoms with Crippen LogP contribution in [-0.4, -0.2) is 16.0 Å². The monoisotopic (exact) mass is 313 g/mol. The first-order valence-electron chi connectivity index (χ1n) is 6.62. The third-order valence-electron chi connectivity index (χ3n) is 3.19. The molecule has 0 fully saturated rings. The molecule has 22 heavy (non-hydrogen) atoms. The molecule has 0 saturated heterocycles. The molecule has 2 aromatic carbocycles. The van der Waals surface area contributed by atoms with Crippen LogP contribution >= 0.6 is 11.6 Å². The van der Waals surface area contributed by atoms with Crippen molar-refractivity contribution in [2.45, 2.75) is 6.42 Å². The van der Waals surface area contributed by atoms with Gasteiger partial charge in [-0.15, -0.1) is 10.2 Å². The number of halogens is 1. The number of benzene rings is 2. The van der Waals surface area contributed by atoms with Gasteiger partial charge in [0.05, 0.1) is 11.9 Å². The van der Waals surface area contributed by atoms with E-state index in [4.69, 9.17) is 11.6 Å². The highest BCUT2D eigenvalue weighted by Gasteiger charge is 2.10. The van der Waals surface area contributed by atoms with Gasteiger partial charge in [0.1, 0.15) is 0 Å². The minimum absolute atomic E-state index is 0.107. The number of nitrogens with one attached hydrogen (secondary N) is 1. The molecule has 1 heterocycles. The number of aromatic nitrogens is 1. The smallest absolute Gasteiger partial charge is 0.269 e. The standard InChI is InChI=1S/C16H12ClN3O2/c17-11-7-5-10(6-8-11)9-14(21)19-20-15-12-3-1-2-4-13(12)18-16(15)22/h1-8,18,22H,9H2. The molecule has 0 aliphatic heterocycles. The molecule has 0 atom stereocenters. The third-order valence-corrected chi connectivity index (χ3v) is 3.44. The lowest BCUT2D eigenvalue weighted by Crippen LogP contribution is -1.97. The molecule has 0 aliphatic rings. The van der Waals surface area contributed by atoms with Crippen LogP contribution in [0.4, 0.5) is 5.69 Å². The van der Waals surface area contributed by atoms with Gasteiger partial charge in [-0.25, -0.2) is 0 Å². The Morgan fingerprint density at radius 3 is 2.64 bits per heavy atom. The quantitative estimate of drug-likeness (QED) is 0.704. The zero-order chi connectivity index (χ0) is 15.5. The first-order chi connectivity index (χ1) is 10.6. The Hall–Kier alpha value is -2.66. The van der Waals surface area contributed by atoms with Gasteiger partial charge in [-0.05, 0) is 23.8 Å². The maximum absolute atomic E-state index is 11.9. The number of carbonyl (C=O) groups is 1. The molecule has 3 aromatic rings. The molecule has 0 unspecified atom stereocenters. The van der Waals surface area contributed by atoms with Crippen LogP contribution in [0.3, 0.4) is 0 Å². The summed E-state index contributed by atoms with van der Waals surface area (Å²) in [7, 11) is 0. The maximum Gasteiger partial charge on any atom is 0.269 e. The van der Waals surface area contributed by atoms with Crippen LogP contribution in [0.2, 0.25) is 5.02 Å². The summed E-state index contributed by atoms with van der Waals surface area (Å²) in [4.78, 5) is 14.6. The van der Waals surface area contributed by atoms with Gasteiger partial charge in [0, 0.05) is 10.4 Å². The van der Waals surface area contributed by atoms with E-state index >= 15 is 0 Å². The summed E-state index contributed by atoms with van der Waals surface area (Å²) in [6.45, 7) is 0. The van der Waals surface area contributed by atoms with Gasteiger partial charge in [0.2, 0.25) is 5.88 Å². The van der Waals surface area contributed by atoms with E-state index in [0.717, 1.165) is 11.1 Å². The first-order valence-corrected chi connectivity index (χ1v) is 7.00. The number of carbonyl (C=O) groups excluding carboxylic acids is 1. The number of para-hydroxylation sites is 1. The summed E-state index contributed by atoms with van der Waals surface area (Å²) in [5.74, 6) is -0.503. The summed E-state index contributed by atoms with van der Waals surface area (Å²) >= 11 is 5.79. The van der Waals surface area contributed by atoms with Gasteiger partial charge in [-0.3, -0.25) is 4.79 Å². The van der Waals surface area contributed by atoms with Crippen LogP contribution in [0, 0.1) is 0 Å². The molecule has 0 aliphatic carbocycles. The average Bonchev–Trinajstić information content (AvgIpc) is 2.83. The number of H-pyrrole nitrogens is 1. The van der Waals surface area contributed by atoms with Crippen LogP contribution in [-0.2, 0) is 11.2 Å². The van der Waals surface area contributed by atoms with Crippen molar-refractivity contribution in [3.05, 3.63) is 59.1 Å². The molecule has 3 rings (SSSR count). The topological polar surface area (TPSA) is 77.8 Å². The fourth-order valence-corrected chi connectivity index (χ4v) is 2.26. The number of nitrogens with zero attached hydrogens (tertiary/aromatic N) is 2. The van der Waals surface area contributed by atoms with Gasteiger partial charge in [-0.1, -0.05) is 41.9 Å². The summed E-state index contributed by atoms with van der Waals surface area (Å²) in [5.41, 5.74) is 1.80. The summed E-state index contributed by atoms with van der Waals surface area (Å²) < 4.78 is 0. The van der Waals surface area contributed by atoms with Crippen molar-refractivity contribution in [1.29, 1.82) is 0 Å². The summed E-state index contributed by atoms with van der Waals surface area (Å²) in [5, 5.41) is 18.7. The SMILES string of the molecule is O=C(Cc1ccc(Cl)cc1)N=Nc1c(O)[nH]c2ccccc12. The predicted octanol–water partition coefficient (Wildman–Crippen LogP) is 4.38. The molecule has 0 radical (unpaired) electrons. The molecule has 0 spiro atoms. The van der Waals surface area contributed by atoms with Crippen molar-refractivity contribution in [3.8, 4) is 5.88 Å². The summed E-state index contributed by atoms with van der Waals surface area (Å²) in [6.07, 6.45) is 0.129. The van der Waals surface area contributed by atoms with Gasteiger partial charge in [-0.2, -0.15) is 0 Å². The van der Waals surface area contributed by atoms with Crippen molar-refractivity contribution in [1.82, 2.24) is 4.98 Å². The van der Waals surface area contributed by atoms with Gasteiger partial charge in [0.25, 0.3) is 5.91 Å². The van der Waals surface area contributed by atoms with Crippen LogP contribution in [0.1, 0.15) is 5.56 Å². The zero-order valence-corrected chi connectivity index (χ0v) is 12.2. The number of aromatic amines is 1. The fraction of sp³-hybridized carbons (Fsp3) is 0.0625. The number of azo groups is 1. The van der Waals surface area contributed by atoms with Gasteiger partial charge < -0.3 is 10.1 Å². The minimum atomic E-state index is -0.396. The Balaban J connectivity index is 1.79. The lowest BCUT2D eigenvalue weighted by Gasteiger charge is -1.97. The lowest BCUT2D eigenvalue weighted by molar-refractivity contribution is -0.117. The van der Waals surface area contributed by atoms with Gasteiger partial charge in [0.15, 0.2) is 5.69 Å². The van der Waals surface area contributed by atoms with Crippen molar-refractivity contribution < 1.29 is 9.90 Å². The molecule has 1 amide bonds. The maximum atomic E-state index is 11.9. The van der Waals surface area contributed by atoms with E-state index in [1.54, 1.807) is 30.3 Å². The van der Waals surface area contributed by atoms with Crippen molar-refractivity contribution in [2.75, 3.05) is 0 Å². The van der Waals surface area contributed by atoms with E-state index in [2.05, 4.69) is 15.2 Å². The second-order valence-electron chi connectivity index (χ2n) is 4.76. The average molecular weight is 314 g/mol. The Morgan fingerprint density at radius 2 is 1.86 bits per heavy atom. The second-order valence-corrected chi connectivity index (χ2v) is 5.20. The molecular formula is C16H12ClN3O2. The molecule has 6 heteroatoms. The van der Waals surface area contributed by atoms with E-state index in [-0.39, 0.29) is 18.0 Å². The third kappa shape index (κ3) is 2.99. The minimum Gasteiger partial charge on any atom is -0.493 e. The van der Waals surface area contributed by atoms with Crippen molar-refractivity contribution in [2.24, 2.45) is 10.2 Å². The van der Waals surface area contributed by atoms with Crippen LogP contribution in [0.25, 0.3) is 10.9 Å². The van der Waals surface area contributed by atoms with E-state index in [1.165, 1.54) is 0 Å². The zero-order valence-electron chi connectivity index (χ0n) is 11.5. The molecular weight excluding hydrogens is 302 g/mol. The number of rotatable bonds is 3. The number of fused-ring (bicyclic) bond motifs is 1. The largest absolute Gasteiger partial charge is 0.493 e. The van der Waals surface area contributed by atoms with E-state index in [1.807, 2.05) is 18.2 Å². The molecule has 110 valence electrons. The Morgan fingerprint density at radius 1 is 1.14 bits per heavy atom. The summed E-state index contributed by atoms with van der Waals surface area (Å²) in [6, 6.07) is 14.2. The second kappa shape index (κ2) is 5.99. The number of aromatic hydroxyl groups is 1. The van der Waals surface area contributed by atoms with Gasteiger partial charge >= 0.3 is 0 Å². The Labute approximate surface area is 131 Å². The molecule has 1 aromatic heterocycles. The molecule has 5 nitrogen and oxygen atoms in total. The van der Waals surface area contributed by atoms with Crippen molar-refractivity contribution in [3.63, 3.8) is 0 Å². The number of hydrogen-bond acceptors (Lipinski definition) is 3. The highest BCUT2D eigenvalue weighted by atomic mass is 35.5. The predicted molar refractivity (Wildman–Crippen MR) is 84.6 cm³/mol. The van der Waals surface area contributed by atoms with E-state index < -0.39 is 5.91 Å². The molecule has 2 N–H and O–H groups in total. The van der Waals surface area contributed by atoms with E-state index in [0.29, 0.717) is 10.4 Å². The fourth-order valence-electron chi connectivity index (χ4n) is 2.13. The van der Waals surface area contributed by atoms with E-state index in [9.17, 15) is 9.90 Å². The first kappa shape index (κ1) is 14.3. The van der Waals surface area contributed by atoms with Crippen molar-refractivity contribution >= 4 is 34.1 Å². The molecule has 0 bridgehead atoms. The molecule has 0 saturated carbocycles. The normalized spacial score (nSPS) is 11.3. The van der Waals surface area contributed by atoms with Crippen LogP contribution in [0.5, 0.6) is 5.88 Å².